The first-order valence-corrected chi connectivity index (χ1v) is 12.3. The molecule has 34 heavy (non-hydrogen) atoms. The summed E-state index contributed by atoms with van der Waals surface area (Å²) in [5.41, 5.74) is 5.17. The number of anilines is 3. The molecule has 6 heteroatoms. The molecule has 0 spiro atoms. The van der Waals surface area contributed by atoms with Gasteiger partial charge < -0.3 is 15.3 Å². The highest BCUT2D eigenvalue weighted by atomic mass is 16.3. The summed E-state index contributed by atoms with van der Waals surface area (Å²) in [4.78, 5) is 13.6. The number of piperidine rings is 1. The van der Waals surface area contributed by atoms with Gasteiger partial charge >= 0.3 is 0 Å². The second kappa shape index (κ2) is 9.35. The van der Waals surface area contributed by atoms with Gasteiger partial charge in [-0.15, -0.1) is 0 Å². The van der Waals surface area contributed by atoms with Gasteiger partial charge in [-0.2, -0.15) is 0 Å². The van der Waals surface area contributed by atoms with Gasteiger partial charge in [-0.05, 0) is 41.0 Å². The average molecular weight is 458 g/mol. The number of fused-ring (bicyclic) bond motifs is 1. The topological polar surface area (TPSA) is 64.5 Å². The van der Waals surface area contributed by atoms with Crippen molar-refractivity contribution in [1.82, 2.24) is 14.9 Å². The van der Waals surface area contributed by atoms with Crippen LogP contribution in [0.2, 0.25) is 0 Å². The Labute approximate surface area is 202 Å². The number of β-amino-alcohol motifs (C(OH)–C–C–N with tert-alkyl or cyclic N) is 1. The Balaban J connectivity index is 1.27. The van der Waals surface area contributed by atoms with Gasteiger partial charge in [0.1, 0.15) is 18.0 Å². The number of aromatic nitrogens is 2. The third-order valence-corrected chi connectivity index (χ3v) is 7.15. The number of hydrogen-bond donors (Lipinski definition) is 2. The minimum atomic E-state index is -0.410. The number of nitrogens with one attached hydrogen (secondary N) is 1. The minimum Gasteiger partial charge on any atom is -0.390 e. The van der Waals surface area contributed by atoms with E-state index < -0.39 is 6.10 Å². The van der Waals surface area contributed by atoms with E-state index in [4.69, 9.17) is 0 Å². The summed E-state index contributed by atoms with van der Waals surface area (Å²) in [5, 5.41) is 14.6. The van der Waals surface area contributed by atoms with Gasteiger partial charge in [0.15, 0.2) is 0 Å². The Morgan fingerprint density at radius 1 is 0.971 bits per heavy atom. The first-order valence-electron chi connectivity index (χ1n) is 12.3. The van der Waals surface area contributed by atoms with Crippen molar-refractivity contribution >= 4 is 17.3 Å². The Bertz CT molecular complexity index is 1140. The quantitative estimate of drug-likeness (QED) is 0.601. The summed E-state index contributed by atoms with van der Waals surface area (Å²) in [5.74, 6) is 1.62. The van der Waals surface area contributed by atoms with E-state index in [2.05, 4.69) is 88.3 Å². The van der Waals surface area contributed by atoms with E-state index in [0.717, 1.165) is 49.8 Å². The Kier molecular flexibility index (Phi) is 6.28. The summed E-state index contributed by atoms with van der Waals surface area (Å²) in [6.45, 7) is 10.0. The highest BCUT2D eigenvalue weighted by molar-refractivity contribution is 5.64. The molecule has 0 bridgehead atoms. The molecule has 1 aromatic heterocycles. The molecule has 1 saturated heterocycles. The summed E-state index contributed by atoms with van der Waals surface area (Å²) in [7, 11) is 0. The van der Waals surface area contributed by atoms with E-state index in [-0.39, 0.29) is 11.5 Å². The Hall–Kier alpha value is -2.96. The molecule has 2 N–H and O–H groups in total. The van der Waals surface area contributed by atoms with Crippen molar-refractivity contribution in [2.75, 3.05) is 29.9 Å². The van der Waals surface area contributed by atoms with Crippen molar-refractivity contribution in [2.45, 2.75) is 57.7 Å². The molecule has 3 heterocycles. The monoisotopic (exact) mass is 457 g/mol. The average Bonchev–Trinajstić information content (AvgIpc) is 2.83. The lowest BCUT2D eigenvalue weighted by molar-refractivity contribution is 0.0293. The molecule has 0 saturated carbocycles. The summed E-state index contributed by atoms with van der Waals surface area (Å²) in [6.07, 6.45) is 3.17. The summed E-state index contributed by atoms with van der Waals surface area (Å²) >= 11 is 0. The molecule has 2 aliphatic heterocycles. The number of rotatable bonds is 4. The van der Waals surface area contributed by atoms with Crippen molar-refractivity contribution in [1.29, 1.82) is 0 Å². The van der Waals surface area contributed by atoms with E-state index in [0.29, 0.717) is 6.54 Å². The van der Waals surface area contributed by atoms with Crippen molar-refractivity contribution in [3.63, 3.8) is 0 Å². The van der Waals surface area contributed by atoms with Crippen LogP contribution in [-0.2, 0) is 18.4 Å². The number of nitrogens with zero attached hydrogens (tertiary/aromatic N) is 4. The predicted molar refractivity (Wildman–Crippen MR) is 138 cm³/mol. The first-order chi connectivity index (χ1) is 16.4. The van der Waals surface area contributed by atoms with Crippen LogP contribution in [0.25, 0.3) is 0 Å². The highest BCUT2D eigenvalue weighted by Gasteiger charge is 2.34. The molecular weight excluding hydrogens is 422 g/mol. The summed E-state index contributed by atoms with van der Waals surface area (Å²) < 4.78 is 0. The number of aliphatic hydroxyl groups excluding tert-OH is 1. The second-order valence-electron chi connectivity index (χ2n) is 10.5. The zero-order valence-electron chi connectivity index (χ0n) is 20.4. The van der Waals surface area contributed by atoms with Crippen LogP contribution in [0.3, 0.4) is 0 Å². The normalized spacial score (nSPS) is 21.2. The van der Waals surface area contributed by atoms with Crippen molar-refractivity contribution < 1.29 is 5.11 Å². The molecule has 2 aliphatic rings. The lowest BCUT2D eigenvalue weighted by atomic mass is 9.86. The molecule has 1 fully saturated rings. The standard InChI is InChI=1S/C28H35N5O/c1-28(2,3)22-10-6-7-11-23(22)31-26-16-27(30-19-29-26)33-15-13-24(25(34)18-33)32-14-12-20-8-4-5-9-21(20)17-32/h4-11,16,19,24-25,34H,12-15,17-18H2,1-3H3,(H,29,30,31)/t24-,25-/m1/s1. The Morgan fingerprint density at radius 2 is 1.74 bits per heavy atom. The van der Waals surface area contributed by atoms with Crippen LogP contribution in [0.15, 0.2) is 60.9 Å². The van der Waals surface area contributed by atoms with Crippen molar-refractivity contribution in [3.05, 3.63) is 77.6 Å². The fraction of sp³-hybridized carbons (Fsp3) is 0.429. The first kappa shape index (κ1) is 22.8. The Morgan fingerprint density at radius 3 is 2.53 bits per heavy atom. The summed E-state index contributed by atoms with van der Waals surface area (Å²) in [6, 6.07) is 19.2. The van der Waals surface area contributed by atoms with E-state index in [1.165, 1.54) is 16.7 Å². The zero-order valence-corrected chi connectivity index (χ0v) is 20.4. The lowest BCUT2D eigenvalue weighted by Crippen LogP contribution is -2.55. The van der Waals surface area contributed by atoms with Gasteiger partial charge in [0, 0.05) is 44.0 Å². The fourth-order valence-corrected chi connectivity index (χ4v) is 5.33. The number of aliphatic hydroxyl groups is 1. The SMILES string of the molecule is CC(C)(C)c1ccccc1Nc1cc(N2CC[C@@H](N3CCc4ccccc4C3)[C@H](O)C2)ncn1. The molecule has 0 radical (unpaired) electrons. The van der Waals surface area contributed by atoms with Gasteiger partial charge in [-0.25, -0.2) is 9.97 Å². The van der Waals surface area contributed by atoms with Gasteiger partial charge in [0.05, 0.1) is 6.10 Å². The predicted octanol–water partition coefficient (Wildman–Crippen LogP) is 4.52. The zero-order chi connectivity index (χ0) is 23.7. The maximum absolute atomic E-state index is 11.1. The molecule has 0 amide bonds. The smallest absolute Gasteiger partial charge is 0.135 e. The van der Waals surface area contributed by atoms with Crippen LogP contribution in [0.1, 0.15) is 43.9 Å². The molecular formula is C28H35N5O. The molecule has 2 atom stereocenters. The van der Waals surface area contributed by atoms with Crippen LogP contribution in [-0.4, -0.2) is 51.8 Å². The number of benzene rings is 2. The highest BCUT2D eigenvalue weighted by Crippen LogP contribution is 2.32. The largest absolute Gasteiger partial charge is 0.390 e. The molecule has 2 aromatic carbocycles. The van der Waals surface area contributed by atoms with Gasteiger partial charge in [0.25, 0.3) is 0 Å². The van der Waals surface area contributed by atoms with Crippen LogP contribution in [0.4, 0.5) is 17.3 Å². The van der Waals surface area contributed by atoms with Crippen LogP contribution >= 0.6 is 0 Å². The van der Waals surface area contributed by atoms with Crippen molar-refractivity contribution in [2.24, 2.45) is 0 Å². The number of para-hydroxylation sites is 1. The molecule has 0 aliphatic carbocycles. The molecule has 5 rings (SSSR count). The van der Waals surface area contributed by atoms with E-state index in [1.807, 2.05) is 12.1 Å². The van der Waals surface area contributed by atoms with Crippen molar-refractivity contribution in [3.8, 4) is 0 Å². The fourth-order valence-electron chi connectivity index (χ4n) is 5.33. The molecule has 178 valence electrons. The number of hydrogen-bond acceptors (Lipinski definition) is 6. The van der Waals surface area contributed by atoms with E-state index in [1.54, 1.807) is 6.33 Å². The van der Waals surface area contributed by atoms with E-state index >= 15 is 0 Å². The lowest BCUT2D eigenvalue weighted by Gasteiger charge is -2.43. The maximum Gasteiger partial charge on any atom is 0.135 e. The molecule has 6 nitrogen and oxygen atoms in total. The van der Waals surface area contributed by atoms with Crippen LogP contribution in [0.5, 0.6) is 0 Å². The van der Waals surface area contributed by atoms with Gasteiger partial charge in [-0.3, -0.25) is 4.90 Å². The third-order valence-electron chi connectivity index (χ3n) is 7.15. The maximum atomic E-state index is 11.1. The van der Waals surface area contributed by atoms with Crippen LogP contribution in [0, 0.1) is 0 Å². The second-order valence-corrected chi connectivity index (χ2v) is 10.5. The molecule has 0 unspecified atom stereocenters. The minimum absolute atomic E-state index is 0.0282. The van der Waals surface area contributed by atoms with Gasteiger partial charge in [0.2, 0.25) is 0 Å². The van der Waals surface area contributed by atoms with E-state index in [9.17, 15) is 5.11 Å². The third kappa shape index (κ3) is 4.79. The van der Waals surface area contributed by atoms with Gasteiger partial charge in [-0.1, -0.05) is 63.2 Å². The molecule has 3 aromatic rings. The van der Waals surface area contributed by atoms with Crippen LogP contribution < -0.4 is 10.2 Å².